The summed E-state index contributed by atoms with van der Waals surface area (Å²) in [6.07, 6.45) is 2.79. The van der Waals surface area contributed by atoms with Crippen molar-refractivity contribution in [2.24, 2.45) is 0 Å². The van der Waals surface area contributed by atoms with Gasteiger partial charge < -0.3 is 10.3 Å². The largest absolute Gasteiger partial charge is 0.356 e. The van der Waals surface area contributed by atoms with E-state index in [2.05, 4.69) is 10.3 Å². The molecule has 1 heterocycles. The lowest BCUT2D eigenvalue weighted by Gasteiger charge is -2.03. The van der Waals surface area contributed by atoms with Gasteiger partial charge in [0.2, 0.25) is 0 Å². The number of amides is 1. The molecule has 0 bridgehead atoms. The summed E-state index contributed by atoms with van der Waals surface area (Å²) < 4.78 is 12.8. The van der Waals surface area contributed by atoms with Crippen molar-refractivity contribution in [3.8, 4) is 0 Å². The van der Waals surface area contributed by atoms with Crippen molar-refractivity contribution in [3.05, 3.63) is 59.2 Å². The molecule has 2 rings (SSSR count). The summed E-state index contributed by atoms with van der Waals surface area (Å²) in [5, 5.41) is 2.72. The lowest BCUT2D eigenvalue weighted by Crippen LogP contribution is -2.23. The van der Waals surface area contributed by atoms with Gasteiger partial charge in [0, 0.05) is 24.7 Å². The van der Waals surface area contributed by atoms with Crippen LogP contribution >= 0.6 is 0 Å². The molecule has 0 aliphatic heterocycles. The molecule has 0 fully saturated rings. The van der Waals surface area contributed by atoms with E-state index < -0.39 is 0 Å². The molecule has 4 nitrogen and oxygen atoms in total. The monoisotopic (exact) mass is 288 g/mol. The van der Waals surface area contributed by atoms with E-state index in [1.165, 1.54) is 12.1 Å². The van der Waals surface area contributed by atoms with Crippen molar-refractivity contribution >= 4 is 11.7 Å². The molecule has 0 aliphatic carbocycles. The van der Waals surface area contributed by atoms with E-state index in [1.807, 2.05) is 6.92 Å². The zero-order valence-electron chi connectivity index (χ0n) is 11.8. The van der Waals surface area contributed by atoms with Gasteiger partial charge in [-0.25, -0.2) is 4.39 Å². The van der Waals surface area contributed by atoms with Gasteiger partial charge in [-0.2, -0.15) is 0 Å². The summed E-state index contributed by atoms with van der Waals surface area (Å²) in [6, 6.07) is 7.47. The summed E-state index contributed by atoms with van der Waals surface area (Å²) in [5.41, 5.74) is 1.67. The van der Waals surface area contributed by atoms with Crippen molar-refractivity contribution in [1.82, 2.24) is 10.3 Å². The van der Waals surface area contributed by atoms with Gasteiger partial charge in [0.15, 0.2) is 5.78 Å². The fraction of sp³-hybridized carbons (Fsp3) is 0.250. The van der Waals surface area contributed by atoms with E-state index in [-0.39, 0.29) is 17.5 Å². The quantitative estimate of drug-likeness (QED) is 0.802. The topological polar surface area (TPSA) is 62.0 Å². The zero-order valence-corrected chi connectivity index (χ0v) is 11.8. The lowest BCUT2D eigenvalue weighted by molar-refractivity contribution is 0.0946. The second kappa shape index (κ2) is 6.83. The molecule has 0 saturated heterocycles. The summed E-state index contributed by atoms with van der Waals surface area (Å²) in [6.45, 7) is 2.23. The minimum atomic E-state index is -0.312. The second-order valence-electron chi connectivity index (χ2n) is 4.78. The highest BCUT2D eigenvalue weighted by Gasteiger charge is 2.12. The SMILES string of the molecule is CCCC(=O)c1c[nH]c(C(=O)NCc2ccc(F)cc2)c1. The first-order chi connectivity index (χ1) is 10.1. The zero-order chi connectivity index (χ0) is 15.2. The first kappa shape index (κ1) is 15.0. The van der Waals surface area contributed by atoms with Crippen LogP contribution in [0.2, 0.25) is 0 Å². The van der Waals surface area contributed by atoms with Gasteiger partial charge in [0.1, 0.15) is 11.5 Å². The minimum Gasteiger partial charge on any atom is -0.356 e. The normalized spacial score (nSPS) is 10.4. The number of hydrogen-bond donors (Lipinski definition) is 2. The van der Waals surface area contributed by atoms with Crippen LogP contribution in [0.5, 0.6) is 0 Å². The molecule has 2 N–H and O–H groups in total. The molecule has 2 aromatic rings. The molecule has 1 amide bonds. The van der Waals surface area contributed by atoms with Crippen LogP contribution in [0.1, 0.15) is 46.2 Å². The standard InChI is InChI=1S/C16H17FN2O2/c1-2-3-15(20)12-8-14(18-10-12)16(21)19-9-11-4-6-13(17)7-5-11/h4-8,10,18H,2-3,9H2,1H3,(H,19,21). The highest BCUT2D eigenvalue weighted by atomic mass is 19.1. The van der Waals surface area contributed by atoms with Crippen LogP contribution < -0.4 is 5.32 Å². The second-order valence-corrected chi connectivity index (χ2v) is 4.78. The van der Waals surface area contributed by atoms with Gasteiger partial charge in [0.05, 0.1) is 0 Å². The van der Waals surface area contributed by atoms with Gasteiger partial charge in [-0.1, -0.05) is 19.1 Å². The maximum atomic E-state index is 12.8. The fourth-order valence-corrected chi connectivity index (χ4v) is 1.94. The number of carbonyl (C=O) groups excluding carboxylic acids is 2. The Bertz CT molecular complexity index is 632. The van der Waals surface area contributed by atoms with Crippen LogP contribution in [0.25, 0.3) is 0 Å². The Hall–Kier alpha value is -2.43. The Kier molecular flexibility index (Phi) is 4.87. The van der Waals surface area contributed by atoms with Crippen LogP contribution in [0.15, 0.2) is 36.5 Å². The van der Waals surface area contributed by atoms with E-state index in [1.54, 1.807) is 24.4 Å². The third kappa shape index (κ3) is 4.02. The van der Waals surface area contributed by atoms with Crippen LogP contribution in [0.4, 0.5) is 4.39 Å². The minimum absolute atomic E-state index is 0.0198. The van der Waals surface area contributed by atoms with E-state index in [4.69, 9.17) is 0 Å². The number of benzene rings is 1. The molecule has 0 unspecified atom stereocenters. The van der Waals surface area contributed by atoms with E-state index in [0.717, 1.165) is 12.0 Å². The Morgan fingerprint density at radius 3 is 2.62 bits per heavy atom. The van der Waals surface area contributed by atoms with Gasteiger partial charge in [-0.3, -0.25) is 9.59 Å². The highest BCUT2D eigenvalue weighted by Crippen LogP contribution is 2.08. The summed E-state index contributed by atoms with van der Waals surface area (Å²) in [5.74, 6) is -0.588. The molecule has 0 spiro atoms. The van der Waals surface area contributed by atoms with Gasteiger partial charge >= 0.3 is 0 Å². The molecule has 5 heteroatoms. The number of aromatic nitrogens is 1. The van der Waals surface area contributed by atoms with Crippen molar-refractivity contribution in [2.45, 2.75) is 26.3 Å². The third-order valence-corrected chi connectivity index (χ3v) is 3.09. The van der Waals surface area contributed by atoms with E-state index >= 15 is 0 Å². The number of hydrogen-bond acceptors (Lipinski definition) is 2. The molecule has 1 aromatic carbocycles. The smallest absolute Gasteiger partial charge is 0.267 e. The van der Waals surface area contributed by atoms with Gasteiger partial charge in [-0.05, 0) is 30.2 Å². The Labute approximate surface area is 122 Å². The van der Waals surface area contributed by atoms with Crippen LogP contribution in [-0.4, -0.2) is 16.7 Å². The number of ketones is 1. The number of halogens is 1. The first-order valence-electron chi connectivity index (χ1n) is 6.84. The number of nitrogens with one attached hydrogen (secondary N) is 2. The van der Waals surface area contributed by atoms with E-state index in [0.29, 0.717) is 24.2 Å². The fourth-order valence-electron chi connectivity index (χ4n) is 1.94. The summed E-state index contributed by atoms with van der Waals surface area (Å²) in [7, 11) is 0. The maximum absolute atomic E-state index is 12.8. The maximum Gasteiger partial charge on any atom is 0.267 e. The number of Topliss-reactive ketones (excluding diaryl/α,β-unsaturated/α-hetero) is 1. The number of aromatic amines is 1. The van der Waals surface area contributed by atoms with Crippen LogP contribution in [0, 0.1) is 5.82 Å². The Balaban J connectivity index is 1.94. The van der Waals surface area contributed by atoms with Crippen LogP contribution in [0.3, 0.4) is 0 Å². The molecule has 0 saturated carbocycles. The molecule has 0 radical (unpaired) electrons. The van der Waals surface area contributed by atoms with Crippen molar-refractivity contribution in [2.75, 3.05) is 0 Å². The Morgan fingerprint density at radius 2 is 1.95 bits per heavy atom. The first-order valence-corrected chi connectivity index (χ1v) is 6.84. The summed E-state index contributed by atoms with van der Waals surface area (Å²) >= 11 is 0. The number of H-pyrrole nitrogens is 1. The average molecular weight is 288 g/mol. The number of rotatable bonds is 6. The van der Waals surface area contributed by atoms with Crippen molar-refractivity contribution in [3.63, 3.8) is 0 Å². The predicted molar refractivity (Wildman–Crippen MR) is 77.6 cm³/mol. The molecule has 21 heavy (non-hydrogen) atoms. The molecular weight excluding hydrogens is 271 g/mol. The van der Waals surface area contributed by atoms with Gasteiger partial charge in [0.25, 0.3) is 5.91 Å². The average Bonchev–Trinajstić information content (AvgIpc) is 2.96. The predicted octanol–water partition coefficient (Wildman–Crippen LogP) is 3.07. The van der Waals surface area contributed by atoms with Crippen LogP contribution in [-0.2, 0) is 6.54 Å². The molecule has 0 aliphatic rings. The highest BCUT2D eigenvalue weighted by molar-refractivity contribution is 6.00. The Morgan fingerprint density at radius 1 is 1.24 bits per heavy atom. The van der Waals surface area contributed by atoms with E-state index in [9.17, 15) is 14.0 Å². The molecular formula is C16H17FN2O2. The van der Waals surface area contributed by atoms with Gasteiger partial charge in [-0.15, -0.1) is 0 Å². The molecule has 1 aromatic heterocycles. The number of carbonyl (C=O) groups is 2. The molecule has 110 valence electrons. The van der Waals surface area contributed by atoms with Crippen molar-refractivity contribution in [1.29, 1.82) is 0 Å². The third-order valence-electron chi connectivity index (χ3n) is 3.09. The lowest BCUT2D eigenvalue weighted by atomic mass is 10.1. The summed E-state index contributed by atoms with van der Waals surface area (Å²) in [4.78, 5) is 26.5. The van der Waals surface area contributed by atoms with Crippen molar-refractivity contribution < 1.29 is 14.0 Å². The molecule has 0 atom stereocenters.